The summed E-state index contributed by atoms with van der Waals surface area (Å²) in [5.74, 6) is 2.71. The van der Waals surface area contributed by atoms with E-state index in [1.54, 1.807) is 26.3 Å². The third-order valence-corrected chi connectivity index (χ3v) is 3.99. The van der Waals surface area contributed by atoms with E-state index < -0.39 is 5.60 Å². The third-order valence-electron chi connectivity index (χ3n) is 3.99. The Hall–Kier alpha value is -2.54. The van der Waals surface area contributed by atoms with E-state index in [9.17, 15) is 5.11 Å². The molecule has 0 spiro atoms. The maximum absolute atomic E-state index is 10.8. The fraction of sp³-hybridized carbons (Fsp3) is 0.474. The highest BCUT2D eigenvalue weighted by atomic mass is 16.5. The summed E-state index contributed by atoms with van der Waals surface area (Å²) >= 11 is 0. The molecule has 0 amide bonds. The van der Waals surface area contributed by atoms with Crippen molar-refractivity contribution in [1.29, 1.82) is 0 Å². The number of aliphatic imine (C=N–C) groups is 1. The molecule has 0 radical (unpaired) electrons. The smallest absolute Gasteiger partial charge is 0.212 e. The molecule has 0 saturated carbocycles. The number of hydrogen-bond donors (Lipinski definition) is 3. The first-order chi connectivity index (χ1) is 12.4. The fourth-order valence-corrected chi connectivity index (χ4v) is 2.65. The molecule has 2 aromatic rings. The van der Waals surface area contributed by atoms with Gasteiger partial charge in [-0.1, -0.05) is 6.07 Å². The van der Waals surface area contributed by atoms with Crippen LogP contribution < -0.4 is 15.4 Å². The Labute approximate surface area is 154 Å². The summed E-state index contributed by atoms with van der Waals surface area (Å²) < 4.78 is 10.6. The van der Waals surface area contributed by atoms with Crippen LogP contribution in [0.15, 0.2) is 33.8 Å². The minimum atomic E-state index is -1.07. The lowest BCUT2D eigenvalue weighted by atomic mass is 9.96. The highest BCUT2D eigenvalue weighted by Crippen LogP contribution is 2.26. The van der Waals surface area contributed by atoms with Gasteiger partial charge in [0, 0.05) is 24.4 Å². The summed E-state index contributed by atoms with van der Waals surface area (Å²) in [5.41, 5.74) is 0.674. The number of nitrogens with zero attached hydrogens (tertiary/aromatic N) is 2. The Morgan fingerprint density at radius 3 is 2.65 bits per heavy atom. The van der Waals surface area contributed by atoms with E-state index in [4.69, 9.17) is 9.15 Å². The Balaban J connectivity index is 2.03. The Morgan fingerprint density at radius 2 is 2.12 bits per heavy atom. The molecule has 1 unspecified atom stereocenters. The van der Waals surface area contributed by atoms with Crippen molar-refractivity contribution in [3.8, 4) is 5.88 Å². The first-order valence-corrected chi connectivity index (χ1v) is 8.66. The second-order valence-corrected chi connectivity index (χ2v) is 6.36. The molecule has 0 bridgehead atoms. The normalized spacial score (nSPS) is 14.0. The number of pyridine rings is 1. The predicted octanol–water partition coefficient (Wildman–Crippen LogP) is 2.26. The van der Waals surface area contributed by atoms with Crippen molar-refractivity contribution in [2.75, 3.05) is 20.2 Å². The number of aryl methyl sites for hydroxylation is 2. The van der Waals surface area contributed by atoms with Crippen LogP contribution in [-0.2, 0) is 12.1 Å². The molecule has 0 saturated heterocycles. The van der Waals surface area contributed by atoms with Gasteiger partial charge in [0.1, 0.15) is 17.1 Å². The molecule has 2 aromatic heterocycles. The lowest BCUT2D eigenvalue weighted by Gasteiger charge is -2.24. The van der Waals surface area contributed by atoms with Gasteiger partial charge in [-0.2, -0.15) is 0 Å². The quantitative estimate of drug-likeness (QED) is 0.518. The molecule has 7 nitrogen and oxygen atoms in total. The molecule has 0 aromatic carbocycles. The molecule has 0 aliphatic heterocycles. The molecule has 0 aliphatic rings. The molecule has 2 heterocycles. The first-order valence-electron chi connectivity index (χ1n) is 8.66. The number of rotatable bonds is 7. The predicted molar refractivity (Wildman–Crippen MR) is 101 cm³/mol. The topological polar surface area (TPSA) is 91.9 Å². The van der Waals surface area contributed by atoms with E-state index in [0.717, 1.165) is 29.2 Å². The lowest BCUT2D eigenvalue weighted by molar-refractivity contribution is 0.0601. The number of aliphatic hydroxyl groups is 1. The molecule has 3 N–H and O–H groups in total. The molecule has 142 valence electrons. The second-order valence-electron chi connectivity index (χ2n) is 6.36. The molecular formula is C19H28N4O3. The summed E-state index contributed by atoms with van der Waals surface area (Å²) in [6.07, 6.45) is 1.74. The number of methoxy groups -OCH3 is 1. The van der Waals surface area contributed by atoms with Crippen LogP contribution in [0, 0.1) is 13.8 Å². The minimum Gasteiger partial charge on any atom is -0.481 e. The van der Waals surface area contributed by atoms with Gasteiger partial charge in [0.15, 0.2) is 5.96 Å². The Morgan fingerprint density at radius 1 is 1.35 bits per heavy atom. The molecular weight excluding hydrogens is 332 g/mol. The zero-order chi connectivity index (χ0) is 19.2. The number of nitrogens with one attached hydrogen (secondary N) is 2. The van der Waals surface area contributed by atoms with Crippen LogP contribution in [-0.4, -0.2) is 36.2 Å². The Kier molecular flexibility index (Phi) is 6.63. The summed E-state index contributed by atoms with van der Waals surface area (Å²) in [6, 6.07) is 5.59. The van der Waals surface area contributed by atoms with Gasteiger partial charge in [0.05, 0.1) is 20.2 Å². The first kappa shape index (κ1) is 19.8. The molecule has 1 atom stereocenters. The van der Waals surface area contributed by atoms with E-state index in [2.05, 4.69) is 20.6 Å². The second kappa shape index (κ2) is 8.71. The van der Waals surface area contributed by atoms with Crippen LogP contribution in [0.2, 0.25) is 0 Å². The largest absolute Gasteiger partial charge is 0.481 e. The van der Waals surface area contributed by atoms with Gasteiger partial charge < -0.3 is 24.9 Å². The average Bonchev–Trinajstić information content (AvgIpc) is 2.97. The van der Waals surface area contributed by atoms with E-state index in [1.165, 1.54) is 0 Å². The standard InChI is InChI=1S/C19H28N4O3/c1-6-20-18(22-11-15-7-8-17(25-5)21-10-15)23-12-19(4,24)16-9-13(2)26-14(16)3/h7-10,24H,6,11-12H2,1-5H3,(H2,20,22,23). The summed E-state index contributed by atoms with van der Waals surface area (Å²) in [7, 11) is 1.59. The molecule has 2 rings (SSSR count). The number of aromatic nitrogens is 1. The average molecular weight is 360 g/mol. The lowest BCUT2D eigenvalue weighted by Crippen LogP contribution is -2.44. The van der Waals surface area contributed by atoms with Crippen LogP contribution in [0.1, 0.15) is 36.5 Å². The maximum Gasteiger partial charge on any atom is 0.212 e. The summed E-state index contributed by atoms with van der Waals surface area (Å²) in [4.78, 5) is 8.72. The van der Waals surface area contributed by atoms with Crippen molar-refractivity contribution in [3.05, 3.63) is 47.0 Å². The molecule has 0 aliphatic carbocycles. The van der Waals surface area contributed by atoms with Crippen molar-refractivity contribution >= 4 is 5.96 Å². The minimum absolute atomic E-state index is 0.305. The van der Waals surface area contributed by atoms with Gasteiger partial charge in [-0.3, -0.25) is 0 Å². The van der Waals surface area contributed by atoms with Gasteiger partial charge in [0.25, 0.3) is 0 Å². The van der Waals surface area contributed by atoms with Crippen molar-refractivity contribution in [3.63, 3.8) is 0 Å². The molecule has 26 heavy (non-hydrogen) atoms. The van der Waals surface area contributed by atoms with Gasteiger partial charge in [-0.25, -0.2) is 9.98 Å². The van der Waals surface area contributed by atoms with Crippen LogP contribution in [0.5, 0.6) is 5.88 Å². The van der Waals surface area contributed by atoms with E-state index in [0.29, 0.717) is 24.9 Å². The third kappa shape index (κ3) is 5.23. The Bertz CT molecular complexity index is 736. The molecule has 0 fully saturated rings. The van der Waals surface area contributed by atoms with Crippen molar-refractivity contribution in [1.82, 2.24) is 15.6 Å². The van der Waals surface area contributed by atoms with E-state index in [-0.39, 0.29) is 0 Å². The fourth-order valence-electron chi connectivity index (χ4n) is 2.65. The van der Waals surface area contributed by atoms with E-state index >= 15 is 0 Å². The van der Waals surface area contributed by atoms with Crippen LogP contribution in [0.25, 0.3) is 0 Å². The highest BCUT2D eigenvalue weighted by molar-refractivity contribution is 5.79. The van der Waals surface area contributed by atoms with Crippen molar-refractivity contribution < 1.29 is 14.3 Å². The van der Waals surface area contributed by atoms with Gasteiger partial charge in [0.2, 0.25) is 5.88 Å². The monoisotopic (exact) mass is 360 g/mol. The van der Waals surface area contributed by atoms with Crippen molar-refractivity contribution in [2.45, 2.75) is 39.8 Å². The number of furan rings is 1. The maximum atomic E-state index is 10.8. The van der Waals surface area contributed by atoms with Crippen molar-refractivity contribution in [2.24, 2.45) is 4.99 Å². The SMILES string of the molecule is CCNC(=NCc1ccc(OC)nc1)NCC(C)(O)c1cc(C)oc1C. The zero-order valence-corrected chi connectivity index (χ0v) is 16.1. The van der Waals surface area contributed by atoms with Gasteiger partial charge in [-0.05, 0) is 39.3 Å². The van der Waals surface area contributed by atoms with Gasteiger partial charge in [-0.15, -0.1) is 0 Å². The van der Waals surface area contributed by atoms with Crippen LogP contribution in [0.3, 0.4) is 0 Å². The summed E-state index contributed by atoms with van der Waals surface area (Å²) in [6.45, 7) is 8.97. The van der Waals surface area contributed by atoms with Gasteiger partial charge >= 0.3 is 0 Å². The van der Waals surface area contributed by atoms with E-state index in [1.807, 2.05) is 32.9 Å². The zero-order valence-electron chi connectivity index (χ0n) is 16.1. The van der Waals surface area contributed by atoms with Crippen LogP contribution >= 0.6 is 0 Å². The number of guanidine groups is 1. The highest BCUT2D eigenvalue weighted by Gasteiger charge is 2.27. The number of ether oxygens (including phenoxy) is 1. The number of hydrogen-bond acceptors (Lipinski definition) is 5. The molecule has 7 heteroatoms. The van der Waals surface area contributed by atoms with Crippen LogP contribution in [0.4, 0.5) is 0 Å². The summed E-state index contributed by atoms with van der Waals surface area (Å²) in [5, 5.41) is 17.2.